The second-order valence-electron chi connectivity index (χ2n) is 13.0. The van der Waals surface area contributed by atoms with E-state index in [1.54, 1.807) is 0 Å². The van der Waals surface area contributed by atoms with Gasteiger partial charge in [-0.15, -0.1) is 0 Å². The molecule has 0 spiro atoms. The van der Waals surface area contributed by atoms with Crippen molar-refractivity contribution in [3.05, 3.63) is 147 Å². The van der Waals surface area contributed by atoms with E-state index in [1.165, 1.54) is 60.6 Å². The summed E-state index contributed by atoms with van der Waals surface area (Å²) in [6, 6.07) is 31.3. The zero-order chi connectivity index (χ0) is 29.8. The maximum atomic E-state index is 4.09. The Bertz CT molecular complexity index is 1920. The average molecular weight is 577 g/mol. The molecule has 4 aromatic rings. The number of allylic oxidation sites excluding steroid dienone is 2. The summed E-state index contributed by atoms with van der Waals surface area (Å²) in [7, 11) is 2.26. The van der Waals surface area contributed by atoms with Crippen molar-refractivity contribution >= 4 is 17.8 Å². The van der Waals surface area contributed by atoms with Gasteiger partial charge in [-0.3, -0.25) is 15.5 Å². The van der Waals surface area contributed by atoms with E-state index in [0.29, 0.717) is 0 Å². The normalized spacial score (nSPS) is 23.3. The maximum Gasteiger partial charge on any atom is 0.0900 e. The van der Waals surface area contributed by atoms with Crippen LogP contribution in [0, 0.1) is 0 Å². The van der Waals surface area contributed by atoms with Crippen LogP contribution in [0.15, 0.2) is 103 Å². The van der Waals surface area contributed by atoms with E-state index < -0.39 is 0 Å². The van der Waals surface area contributed by atoms with Gasteiger partial charge in [0.1, 0.15) is 0 Å². The third-order valence-corrected chi connectivity index (χ3v) is 10.1. The quantitative estimate of drug-likeness (QED) is 0.264. The highest BCUT2D eigenvalue weighted by molar-refractivity contribution is 5.86. The fraction of sp³-hybridized carbons (Fsp3) is 0.250. The minimum atomic E-state index is -0.121. The third-order valence-electron chi connectivity index (χ3n) is 10.1. The third kappa shape index (κ3) is 4.40. The summed E-state index contributed by atoms with van der Waals surface area (Å²) < 4.78 is 0. The first kappa shape index (κ1) is 27.3. The van der Waals surface area contributed by atoms with E-state index in [1.807, 2.05) is 0 Å². The number of dihydropyridines is 1. The highest BCUT2D eigenvalue weighted by atomic mass is 15.4. The molecule has 1 saturated heterocycles. The minimum absolute atomic E-state index is 0.00434. The Morgan fingerprint density at radius 3 is 2.25 bits per heavy atom. The lowest BCUT2D eigenvalue weighted by molar-refractivity contribution is 0.0413. The van der Waals surface area contributed by atoms with E-state index in [9.17, 15) is 0 Å². The van der Waals surface area contributed by atoms with Crippen molar-refractivity contribution in [2.24, 2.45) is 0 Å². The van der Waals surface area contributed by atoms with Gasteiger partial charge in [0.2, 0.25) is 0 Å². The van der Waals surface area contributed by atoms with Gasteiger partial charge in [-0.1, -0.05) is 111 Å². The van der Waals surface area contributed by atoms with Crippen LogP contribution in [0.5, 0.6) is 0 Å². The van der Waals surface area contributed by atoms with Gasteiger partial charge < -0.3 is 5.32 Å². The molecule has 1 fully saturated rings. The first-order chi connectivity index (χ1) is 21.5. The van der Waals surface area contributed by atoms with Crippen molar-refractivity contribution in [1.29, 1.82) is 0 Å². The molecule has 3 unspecified atom stereocenters. The van der Waals surface area contributed by atoms with E-state index in [-0.39, 0.29) is 23.9 Å². The molecule has 4 nitrogen and oxygen atoms in total. The Labute approximate surface area is 260 Å². The van der Waals surface area contributed by atoms with E-state index in [4.69, 9.17) is 0 Å². The molecule has 2 aliphatic carbocycles. The molecule has 4 aliphatic rings. The first-order valence-electron chi connectivity index (χ1n) is 16.0. The number of hydrogen-bond acceptors (Lipinski definition) is 4. The van der Waals surface area contributed by atoms with Crippen LogP contribution < -0.4 is 26.4 Å². The van der Waals surface area contributed by atoms with Gasteiger partial charge in [-0.25, -0.2) is 0 Å². The fourth-order valence-corrected chi connectivity index (χ4v) is 7.76. The van der Waals surface area contributed by atoms with Crippen molar-refractivity contribution in [3.63, 3.8) is 0 Å². The van der Waals surface area contributed by atoms with Gasteiger partial charge >= 0.3 is 0 Å². The Morgan fingerprint density at radius 2 is 1.50 bits per heavy atom. The van der Waals surface area contributed by atoms with Crippen molar-refractivity contribution < 1.29 is 0 Å². The molecular formula is C40H40N4. The standard InChI is InChI=1S/C40H40N4/c1-40(2)32-25-29(34-20-12-13-23-41-34)21-22-31(32)35-33(40)24-28-18-10-11-19-30(28)36(35)39-43-37(26-14-6-4-7-15-26)42-38(44(39)3)27-16-8-5-9-17-27/h4-9,12-22,24-25,37-39,41-43H,10-11,23H2,1-3H3. The Kier molecular flexibility index (Phi) is 6.67. The predicted octanol–water partition coefficient (Wildman–Crippen LogP) is 6.37. The van der Waals surface area contributed by atoms with Crippen LogP contribution >= 0.6 is 0 Å². The largest absolute Gasteiger partial charge is 0.381 e. The topological polar surface area (TPSA) is 39.3 Å². The minimum Gasteiger partial charge on any atom is -0.381 e. The van der Waals surface area contributed by atoms with Crippen molar-refractivity contribution in [2.45, 2.75) is 50.6 Å². The molecule has 2 aliphatic heterocycles. The molecule has 0 amide bonds. The summed E-state index contributed by atoms with van der Waals surface area (Å²) >= 11 is 0. The van der Waals surface area contributed by atoms with Crippen LogP contribution in [0.3, 0.4) is 0 Å². The van der Waals surface area contributed by atoms with Crippen LogP contribution in [0.25, 0.3) is 29.0 Å². The van der Waals surface area contributed by atoms with E-state index in [2.05, 4.69) is 157 Å². The van der Waals surface area contributed by atoms with Crippen molar-refractivity contribution in [2.75, 3.05) is 13.6 Å². The van der Waals surface area contributed by atoms with Gasteiger partial charge in [0, 0.05) is 17.7 Å². The SMILES string of the molecule is CN1C(c2ccccc2)NC(c2ccccc2)NC1c1c2c(cc3c1=CCCC=3)C(C)(C)c1cc(C3=CC=CCN3)ccc1-2. The molecular weight excluding hydrogens is 536 g/mol. The highest BCUT2D eigenvalue weighted by Crippen LogP contribution is 2.51. The van der Waals surface area contributed by atoms with Crippen LogP contribution in [-0.2, 0) is 5.41 Å². The Hall–Kier alpha value is -4.22. The molecule has 3 N–H and O–H groups in total. The molecule has 0 aromatic heterocycles. The number of nitrogens with one attached hydrogen (secondary N) is 3. The fourth-order valence-electron chi connectivity index (χ4n) is 7.76. The van der Waals surface area contributed by atoms with Gasteiger partial charge in [-0.05, 0) is 93.0 Å². The van der Waals surface area contributed by atoms with Crippen LogP contribution in [0.2, 0.25) is 0 Å². The lowest BCUT2D eigenvalue weighted by atomic mass is 9.80. The van der Waals surface area contributed by atoms with Crippen LogP contribution in [-0.4, -0.2) is 18.5 Å². The van der Waals surface area contributed by atoms with Gasteiger partial charge in [-0.2, -0.15) is 0 Å². The summed E-state index contributed by atoms with van der Waals surface area (Å²) in [5.74, 6) is 0. The second kappa shape index (κ2) is 10.7. The number of fused-ring (bicyclic) bond motifs is 4. The monoisotopic (exact) mass is 576 g/mol. The summed E-state index contributed by atoms with van der Waals surface area (Å²) in [5.41, 5.74) is 11.8. The number of benzene rings is 4. The highest BCUT2D eigenvalue weighted by Gasteiger charge is 2.42. The van der Waals surface area contributed by atoms with Crippen molar-refractivity contribution in [1.82, 2.24) is 20.9 Å². The van der Waals surface area contributed by atoms with E-state index in [0.717, 1.165) is 19.4 Å². The zero-order valence-corrected chi connectivity index (χ0v) is 25.8. The van der Waals surface area contributed by atoms with Gasteiger partial charge in [0.25, 0.3) is 0 Å². The lowest BCUT2D eigenvalue weighted by Gasteiger charge is -2.46. The predicted molar refractivity (Wildman–Crippen MR) is 182 cm³/mol. The second-order valence-corrected chi connectivity index (χ2v) is 13.0. The zero-order valence-electron chi connectivity index (χ0n) is 25.8. The first-order valence-corrected chi connectivity index (χ1v) is 16.0. The van der Waals surface area contributed by atoms with Gasteiger partial charge in [0.05, 0.1) is 18.5 Å². The molecule has 4 aromatic carbocycles. The molecule has 0 bridgehead atoms. The molecule has 8 rings (SSSR count). The van der Waals surface area contributed by atoms with Crippen LogP contribution in [0.4, 0.5) is 0 Å². The molecule has 0 radical (unpaired) electrons. The summed E-state index contributed by atoms with van der Waals surface area (Å²) in [6.45, 7) is 5.69. The number of hydrogen-bond donors (Lipinski definition) is 3. The molecule has 4 heteroatoms. The summed E-state index contributed by atoms with van der Waals surface area (Å²) in [5, 5.41) is 14.4. The molecule has 2 heterocycles. The summed E-state index contributed by atoms with van der Waals surface area (Å²) in [6.07, 6.45) is 13.6. The van der Waals surface area contributed by atoms with Gasteiger partial charge in [0.15, 0.2) is 0 Å². The Morgan fingerprint density at radius 1 is 0.773 bits per heavy atom. The molecule has 220 valence electrons. The van der Waals surface area contributed by atoms with Crippen molar-refractivity contribution in [3.8, 4) is 11.1 Å². The smallest absolute Gasteiger partial charge is 0.0900 e. The number of nitrogens with zero attached hydrogens (tertiary/aromatic N) is 1. The average Bonchev–Trinajstić information content (AvgIpc) is 3.30. The summed E-state index contributed by atoms with van der Waals surface area (Å²) in [4.78, 5) is 2.50. The van der Waals surface area contributed by atoms with Crippen LogP contribution in [0.1, 0.15) is 78.6 Å². The number of rotatable bonds is 4. The van der Waals surface area contributed by atoms with E-state index >= 15 is 0 Å². The lowest BCUT2D eigenvalue weighted by Crippen LogP contribution is -2.56. The molecule has 3 atom stereocenters. The Balaban J connectivity index is 1.35. The molecule has 0 saturated carbocycles. The maximum absolute atomic E-state index is 4.09. The molecule has 44 heavy (non-hydrogen) atoms.